The maximum absolute atomic E-state index is 11.8. The van der Waals surface area contributed by atoms with Crippen molar-refractivity contribution in [2.24, 2.45) is 0 Å². The summed E-state index contributed by atoms with van der Waals surface area (Å²) in [5.74, 6) is 0.742. The third-order valence-electron chi connectivity index (χ3n) is 2.39. The molecule has 0 saturated heterocycles. The van der Waals surface area contributed by atoms with Crippen LogP contribution in [0.15, 0.2) is 16.2 Å². The number of hydrogen-bond acceptors (Lipinski definition) is 7. The Labute approximate surface area is 114 Å². The summed E-state index contributed by atoms with van der Waals surface area (Å²) in [7, 11) is 1.61. The van der Waals surface area contributed by atoms with Crippen molar-refractivity contribution in [3.63, 3.8) is 0 Å². The maximum Gasteiger partial charge on any atom is 0.263 e. The lowest BCUT2D eigenvalue weighted by atomic mass is 10.3. The number of carbonyl (C=O) groups excluding carboxylic acids is 1. The first-order chi connectivity index (χ1) is 9.20. The molecule has 0 saturated carbocycles. The third kappa shape index (κ3) is 3.58. The minimum Gasteiger partial charge on any atom is -0.384 e. The van der Waals surface area contributed by atoms with E-state index in [1.807, 2.05) is 0 Å². The first-order valence-corrected chi connectivity index (χ1v) is 6.59. The molecule has 2 rings (SSSR count). The van der Waals surface area contributed by atoms with Gasteiger partial charge in [0, 0.05) is 13.5 Å². The summed E-state index contributed by atoms with van der Waals surface area (Å²) in [6.45, 7) is 2.31. The summed E-state index contributed by atoms with van der Waals surface area (Å²) >= 11 is 1.28. The fourth-order valence-corrected chi connectivity index (χ4v) is 1.92. The van der Waals surface area contributed by atoms with Crippen molar-refractivity contribution in [2.45, 2.75) is 19.4 Å². The van der Waals surface area contributed by atoms with E-state index in [0.717, 1.165) is 0 Å². The van der Waals surface area contributed by atoms with Gasteiger partial charge in [-0.15, -0.1) is 11.3 Å². The van der Waals surface area contributed by atoms with Crippen LogP contribution in [0.3, 0.4) is 0 Å². The molecule has 0 aliphatic carbocycles. The first kappa shape index (κ1) is 13.6. The molecule has 0 aliphatic heterocycles. The SMILES string of the molecule is COCCc1noc(C(C)NC(=O)c2cncs2)n1. The molecule has 1 atom stereocenters. The van der Waals surface area contributed by atoms with E-state index in [4.69, 9.17) is 9.26 Å². The van der Waals surface area contributed by atoms with Crippen LogP contribution < -0.4 is 5.32 Å². The van der Waals surface area contributed by atoms with Gasteiger partial charge in [-0.3, -0.25) is 9.78 Å². The van der Waals surface area contributed by atoms with Crippen LogP contribution in [0.2, 0.25) is 0 Å². The number of ether oxygens (including phenoxy) is 1. The van der Waals surface area contributed by atoms with Crippen molar-refractivity contribution in [1.82, 2.24) is 20.4 Å². The van der Waals surface area contributed by atoms with Crippen LogP contribution in [-0.4, -0.2) is 34.7 Å². The molecule has 0 bridgehead atoms. The van der Waals surface area contributed by atoms with Gasteiger partial charge in [0.1, 0.15) is 10.9 Å². The monoisotopic (exact) mass is 282 g/mol. The van der Waals surface area contributed by atoms with Gasteiger partial charge in [-0.25, -0.2) is 0 Å². The lowest BCUT2D eigenvalue weighted by Gasteiger charge is -2.07. The topological polar surface area (TPSA) is 90.1 Å². The number of carbonyl (C=O) groups is 1. The van der Waals surface area contributed by atoms with Gasteiger partial charge < -0.3 is 14.6 Å². The van der Waals surface area contributed by atoms with Crippen molar-refractivity contribution in [3.8, 4) is 0 Å². The van der Waals surface area contributed by atoms with E-state index in [2.05, 4.69) is 20.4 Å². The Morgan fingerprint density at radius 3 is 3.16 bits per heavy atom. The smallest absolute Gasteiger partial charge is 0.263 e. The Hall–Kier alpha value is -1.80. The van der Waals surface area contributed by atoms with Crippen LogP contribution in [0.4, 0.5) is 0 Å². The van der Waals surface area contributed by atoms with E-state index in [-0.39, 0.29) is 11.9 Å². The van der Waals surface area contributed by atoms with Crippen molar-refractivity contribution in [1.29, 1.82) is 0 Å². The fourth-order valence-electron chi connectivity index (χ4n) is 1.40. The van der Waals surface area contributed by atoms with Crippen molar-refractivity contribution >= 4 is 17.2 Å². The van der Waals surface area contributed by atoms with Crippen molar-refractivity contribution < 1.29 is 14.1 Å². The first-order valence-electron chi connectivity index (χ1n) is 5.71. The number of methoxy groups -OCH3 is 1. The highest BCUT2D eigenvalue weighted by Gasteiger charge is 2.18. The molecular weight excluding hydrogens is 268 g/mol. The third-order valence-corrected chi connectivity index (χ3v) is 3.16. The van der Waals surface area contributed by atoms with E-state index in [9.17, 15) is 4.79 Å². The van der Waals surface area contributed by atoms with Gasteiger partial charge in [-0.1, -0.05) is 5.16 Å². The standard InChI is InChI=1S/C11H14N4O3S/c1-7(13-10(16)8-5-12-6-19-8)11-14-9(15-18-11)3-4-17-2/h5-7H,3-4H2,1-2H3,(H,13,16). The summed E-state index contributed by atoms with van der Waals surface area (Å²) in [6, 6.07) is -0.349. The Balaban J connectivity index is 1.94. The lowest BCUT2D eigenvalue weighted by molar-refractivity contribution is 0.0936. The van der Waals surface area contributed by atoms with Gasteiger partial charge >= 0.3 is 0 Å². The van der Waals surface area contributed by atoms with Gasteiger partial charge in [0.25, 0.3) is 5.91 Å². The Kier molecular flexibility index (Phi) is 4.58. The predicted molar refractivity (Wildman–Crippen MR) is 67.9 cm³/mol. The van der Waals surface area contributed by atoms with Crippen molar-refractivity contribution in [2.75, 3.05) is 13.7 Å². The van der Waals surface area contributed by atoms with Crippen LogP contribution in [-0.2, 0) is 11.2 Å². The minimum absolute atomic E-state index is 0.202. The molecule has 2 aromatic heterocycles. The zero-order valence-corrected chi connectivity index (χ0v) is 11.4. The Bertz CT molecular complexity index is 526. The molecule has 1 unspecified atom stereocenters. The van der Waals surface area contributed by atoms with E-state index in [1.165, 1.54) is 17.5 Å². The second-order valence-electron chi connectivity index (χ2n) is 3.85. The largest absolute Gasteiger partial charge is 0.384 e. The summed E-state index contributed by atoms with van der Waals surface area (Å²) in [5.41, 5.74) is 1.61. The number of hydrogen-bond donors (Lipinski definition) is 1. The van der Waals surface area contributed by atoms with Gasteiger partial charge in [0.15, 0.2) is 5.82 Å². The summed E-state index contributed by atoms with van der Waals surface area (Å²) < 4.78 is 10.0. The molecular formula is C11H14N4O3S. The van der Waals surface area contributed by atoms with E-state index < -0.39 is 0 Å². The van der Waals surface area contributed by atoms with Crippen LogP contribution in [0.25, 0.3) is 0 Å². The predicted octanol–water partition coefficient (Wildman–Crippen LogP) is 1.21. The second kappa shape index (κ2) is 6.39. The summed E-state index contributed by atoms with van der Waals surface area (Å²) in [4.78, 5) is 20.4. The average molecular weight is 282 g/mol. The molecule has 0 fully saturated rings. The normalized spacial score (nSPS) is 12.3. The molecule has 0 spiro atoms. The molecule has 2 aromatic rings. The van der Waals surface area contributed by atoms with Crippen molar-refractivity contribution in [3.05, 3.63) is 28.3 Å². The van der Waals surface area contributed by atoms with Crippen LogP contribution >= 0.6 is 11.3 Å². The molecule has 8 heteroatoms. The highest BCUT2D eigenvalue weighted by molar-refractivity contribution is 7.11. The average Bonchev–Trinajstić information content (AvgIpc) is 3.07. The Morgan fingerprint density at radius 1 is 1.63 bits per heavy atom. The molecule has 0 radical (unpaired) electrons. The molecule has 7 nitrogen and oxygen atoms in total. The molecule has 1 N–H and O–H groups in total. The summed E-state index contributed by atoms with van der Waals surface area (Å²) in [6.07, 6.45) is 2.10. The van der Waals surface area contributed by atoms with Gasteiger partial charge in [-0.2, -0.15) is 4.98 Å². The lowest BCUT2D eigenvalue weighted by Crippen LogP contribution is -2.26. The minimum atomic E-state index is -0.349. The van der Waals surface area contributed by atoms with Crippen LogP contribution in [0, 0.1) is 0 Å². The van der Waals surface area contributed by atoms with E-state index in [0.29, 0.717) is 29.6 Å². The quantitative estimate of drug-likeness (QED) is 0.856. The molecule has 0 aliphatic rings. The zero-order valence-electron chi connectivity index (χ0n) is 10.6. The molecule has 102 valence electrons. The van der Waals surface area contributed by atoms with Crippen LogP contribution in [0.1, 0.15) is 34.4 Å². The number of amides is 1. The number of aromatic nitrogens is 3. The zero-order chi connectivity index (χ0) is 13.7. The highest BCUT2D eigenvalue weighted by atomic mass is 32.1. The number of nitrogens with zero attached hydrogens (tertiary/aromatic N) is 3. The second-order valence-corrected chi connectivity index (χ2v) is 4.74. The maximum atomic E-state index is 11.8. The van der Waals surface area contributed by atoms with Gasteiger partial charge in [0.2, 0.25) is 5.89 Å². The van der Waals surface area contributed by atoms with Crippen LogP contribution in [0.5, 0.6) is 0 Å². The van der Waals surface area contributed by atoms with E-state index in [1.54, 1.807) is 19.5 Å². The summed E-state index contributed by atoms with van der Waals surface area (Å²) in [5, 5.41) is 6.59. The molecule has 1 amide bonds. The molecule has 2 heterocycles. The van der Waals surface area contributed by atoms with Gasteiger partial charge in [0.05, 0.1) is 18.3 Å². The number of nitrogens with one attached hydrogen (secondary N) is 1. The number of rotatable bonds is 6. The van der Waals surface area contributed by atoms with E-state index >= 15 is 0 Å². The molecule has 0 aromatic carbocycles. The fraction of sp³-hybridized carbons (Fsp3) is 0.455. The Morgan fingerprint density at radius 2 is 2.47 bits per heavy atom. The number of thiazole rings is 1. The highest BCUT2D eigenvalue weighted by Crippen LogP contribution is 2.12. The molecule has 19 heavy (non-hydrogen) atoms. The van der Waals surface area contributed by atoms with Gasteiger partial charge in [-0.05, 0) is 6.92 Å².